The van der Waals surface area contributed by atoms with Gasteiger partial charge in [0.15, 0.2) is 0 Å². The number of carbonyl (C=O) groups is 2. The van der Waals surface area contributed by atoms with E-state index in [9.17, 15) is 22.4 Å². The molecule has 1 aliphatic rings. The molecule has 1 saturated heterocycles. The number of sulfonamides is 1. The number of hydrogen-bond donors (Lipinski definition) is 2. The monoisotopic (exact) mass is 463 g/mol. The van der Waals surface area contributed by atoms with E-state index in [1.54, 1.807) is 38.3 Å². The fourth-order valence-electron chi connectivity index (χ4n) is 3.45. The highest BCUT2D eigenvalue weighted by atomic mass is 32.2. The van der Waals surface area contributed by atoms with Gasteiger partial charge in [-0.2, -0.15) is 4.31 Å². The highest BCUT2D eigenvalue weighted by molar-refractivity contribution is 7.89. The average Bonchev–Trinajstić information content (AvgIpc) is 2.79. The first-order chi connectivity index (χ1) is 15.2. The normalized spacial score (nSPS) is 17.9. The molecule has 0 saturated carbocycles. The number of nitrogens with one attached hydrogen (secondary N) is 2. The topological polar surface area (TPSA) is 105 Å². The number of hydrogen-bond acceptors (Lipinski definition) is 5. The van der Waals surface area contributed by atoms with E-state index in [1.165, 1.54) is 16.4 Å². The van der Waals surface area contributed by atoms with Gasteiger partial charge in [-0.15, -0.1) is 0 Å². The first-order valence-electron chi connectivity index (χ1n) is 10.2. The molecule has 8 nitrogen and oxygen atoms in total. The highest BCUT2D eigenvalue weighted by Gasteiger charge is 2.34. The van der Waals surface area contributed by atoms with E-state index in [0.29, 0.717) is 24.3 Å². The molecular formula is C22H26FN3O5S. The second-order valence-electron chi connectivity index (χ2n) is 7.60. The fraction of sp³-hybridized carbons (Fsp3) is 0.364. The van der Waals surface area contributed by atoms with E-state index in [2.05, 4.69) is 10.6 Å². The van der Waals surface area contributed by atoms with Crippen molar-refractivity contribution >= 4 is 27.5 Å². The number of amides is 2. The second-order valence-corrected chi connectivity index (χ2v) is 9.54. The Bertz CT molecular complexity index is 1060. The fourth-order valence-corrected chi connectivity index (χ4v) is 4.98. The molecule has 172 valence electrons. The van der Waals surface area contributed by atoms with Gasteiger partial charge in [0.05, 0.1) is 17.9 Å². The first kappa shape index (κ1) is 23.7. The number of rotatable bonds is 7. The Morgan fingerprint density at radius 1 is 1.12 bits per heavy atom. The zero-order valence-corrected chi connectivity index (χ0v) is 18.7. The van der Waals surface area contributed by atoms with Crippen LogP contribution in [0.5, 0.6) is 5.75 Å². The van der Waals surface area contributed by atoms with Crippen LogP contribution in [0.4, 0.5) is 10.1 Å². The molecule has 1 unspecified atom stereocenters. The molecule has 0 bridgehead atoms. The lowest BCUT2D eigenvalue weighted by molar-refractivity contribution is -0.129. The zero-order chi connectivity index (χ0) is 23.3. The van der Waals surface area contributed by atoms with E-state index in [4.69, 9.17) is 4.74 Å². The van der Waals surface area contributed by atoms with Crippen LogP contribution >= 0.6 is 0 Å². The summed E-state index contributed by atoms with van der Waals surface area (Å²) in [5.41, 5.74) is 0.561. The third kappa shape index (κ3) is 5.63. The Hall–Kier alpha value is -2.98. The van der Waals surface area contributed by atoms with Gasteiger partial charge in [-0.3, -0.25) is 9.59 Å². The first-order valence-corrected chi connectivity index (χ1v) is 11.7. The van der Waals surface area contributed by atoms with Crippen molar-refractivity contribution in [3.8, 4) is 5.75 Å². The molecule has 2 amide bonds. The number of ether oxygens (including phenoxy) is 1. The van der Waals surface area contributed by atoms with Crippen molar-refractivity contribution in [2.75, 3.05) is 25.5 Å². The molecule has 32 heavy (non-hydrogen) atoms. The standard InChI is InChI=1S/C22H26FN3O5S/c1-15(21(27)25-18-7-9-19(31-2)10-8-18)24-22(28)16-4-3-13-26(14-16)32(29,30)20-11-5-17(23)6-12-20/h5-12,15-16H,3-4,13-14H2,1-2H3,(H,24,28)(H,25,27)/t15-,16?/m1/s1. The molecule has 1 heterocycles. The minimum atomic E-state index is -3.84. The SMILES string of the molecule is COc1ccc(NC(=O)[C@@H](C)NC(=O)C2CCCN(S(=O)(=O)c3ccc(F)cc3)C2)cc1. The van der Waals surface area contributed by atoms with Gasteiger partial charge < -0.3 is 15.4 Å². The van der Waals surface area contributed by atoms with Crippen molar-refractivity contribution in [2.45, 2.75) is 30.7 Å². The molecule has 1 aliphatic heterocycles. The summed E-state index contributed by atoms with van der Waals surface area (Å²) in [5.74, 6) is -1.24. The van der Waals surface area contributed by atoms with E-state index in [1.807, 2.05) is 0 Å². The molecule has 3 rings (SSSR count). The third-order valence-corrected chi connectivity index (χ3v) is 7.20. The molecule has 2 atom stereocenters. The van der Waals surface area contributed by atoms with Crippen LogP contribution in [0.15, 0.2) is 53.4 Å². The smallest absolute Gasteiger partial charge is 0.246 e. The van der Waals surface area contributed by atoms with Crippen molar-refractivity contribution in [3.63, 3.8) is 0 Å². The highest BCUT2D eigenvalue weighted by Crippen LogP contribution is 2.24. The molecule has 0 spiro atoms. The van der Waals surface area contributed by atoms with E-state index >= 15 is 0 Å². The Labute approximate surface area is 186 Å². The van der Waals surface area contributed by atoms with Gasteiger partial charge in [0.1, 0.15) is 17.6 Å². The largest absolute Gasteiger partial charge is 0.497 e. The molecule has 1 fully saturated rings. The average molecular weight is 464 g/mol. The summed E-state index contributed by atoms with van der Waals surface area (Å²) in [6.07, 6.45) is 1.01. The Kier molecular flexibility index (Phi) is 7.47. The predicted octanol–water partition coefficient (Wildman–Crippen LogP) is 2.38. The van der Waals surface area contributed by atoms with Crippen molar-refractivity contribution in [1.82, 2.24) is 9.62 Å². The minimum Gasteiger partial charge on any atom is -0.497 e. The van der Waals surface area contributed by atoms with Gasteiger partial charge >= 0.3 is 0 Å². The number of methoxy groups -OCH3 is 1. The third-order valence-electron chi connectivity index (χ3n) is 5.32. The quantitative estimate of drug-likeness (QED) is 0.656. The van der Waals surface area contributed by atoms with Crippen LogP contribution in [0.3, 0.4) is 0 Å². The van der Waals surface area contributed by atoms with Gasteiger partial charge in [-0.1, -0.05) is 0 Å². The van der Waals surface area contributed by atoms with Crippen LogP contribution in [0.1, 0.15) is 19.8 Å². The molecule has 2 N–H and O–H groups in total. The lowest BCUT2D eigenvalue weighted by atomic mass is 9.98. The summed E-state index contributed by atoms with van der Waals surface area (Å²) in [6.45, 7) is 1.84. The molecular weight excluding hydrogens is 437 g/mol. The van der Waals surface area contributed by atoms with Gasteiger partial charge in [0.2, 0.25) is 21.8 Å². The summed E-state index contributed by atoms with van der Waals surface area (Å²) in [6, 6.07) is 10.6. The van der Waals surface area contributed by atoms with Crippen LogP contribution in [0.25, 0.3) is 0 Å². The Balaban J connectivity index is 1.59. The van der Waals surface area contributed by atoms with Crippen LogP contribution in [0.2, 0.25) is 0 Å². The zero-order valence-electron chi connectivity index (χ0n) is 17.9. The molecule has 0 aliphatic carbocycles. The summed E-state index contributed by atoms with van der Waals surface area (Å²) in [5, 5.41) is 5.38. The van der Waals surface area contributed by atoms with Crippen molar-refractivity contribution < 1.29 is 27.1 Å². The number of carbonyl (C=O) groups excluding carboxylic acids is 2. The van der Waals surface area contributed by atoms with Crippen molar-refractivity contribution in [1.29, 1.82) is 0 Å². The lowest BCUT2D eigenvalue weighted by Crippen LogP contribution is -2.49. The summed E-state index contributed by atoms with van der Waals surface area (Å²) >= 11 is 0. The van der Waals surface area contributed by atoms with Crippen LogP contribution in [0, 0.1) is 11.7 Å². The van der Waals surface area contributed by atoms with Gasteiger partial charge in [0, 0.05) is 18.8 Å². The van der Waals surface area contributed by atoms with E-state index < -0.39 is 33.7 Å². The predicted molar refractivity (Wildman–Crippen MR) is 117 cm³/mol. The maximum atomic E-state index is 13.1. The number of piperidine rings is 1. The number of halogens is 1. The van der Waals surface area contributed by atoms with E-state index in [0.717, 1.165) is 12.1 Å². The van der Waals surface area contributed by atoms with Gasteiger partial charge in [-0.05, 0) is 68.3 Å². The van der Waals surface area contributed by atoms with Crippen molar-refractivity contribution in [2.24, 2.45) is 5.92 Å². The Morgan fingerprint density at radius 2 is 1.78 bits per heavy atom. The maximum absolute atomic E-state index is 13.1. The Morgan fingerprint density at radius 3 is 2.41 bits per heavy atom. The summed E-state index contributed by atoms with van der Waals surface area (Å²) < 4.78 is 45.1. The summed E-state index contributed by atoms with van der Waals surface area (Å²) in [4.78, 5) is 25.1. The number of benzene rings is 2. The number of nitrogens with zero attached hydrogens (tertiary/aromatic N) is 1. The van der Waals surface area contributed by atoms with Crippen LogP contribution in [-0.4, -0.2) is 50.8 Å². The molecule has 2 aromatic rings. The second kappa shape index (κ2) is 10.1. The van der Waals surface area contributed by atoms with Crippen LogP contribution in [-0.2, 0) is 19.6 Å². The molecule has 2 aromatic carbocycles. The minimum absolute atomic E-state index is 0.00162. The van der Waals surface area contributed by atoms with Crippen molar-refractivity contribution in [3.05, 3.63) is 54.3 Å². The lowest BCUT2D eigenvalue weighted by Gasteiger charge is -2.31. The van der Waals surface area contributed by atoms with Gasteiger partial charge in [0.25, 0.3) is 0 Å². The summed E-state index contributed by atoms with van der Waals surface area (Å²) in [7, 11) is -2.30. The van der Waals surface area contributed by atoms with Gasteiger partial charge in [-0.25, -0.2) is 12.8 Å². The molecule has 10 heteroatoms. The maximum Gasteiger partial charge on any atom is 0.246 e. The molecule has 0 radical (unpaired) electrons. The molecule has 0 aromatic heterocycles. The number of anilines is 1. The van der Waals surface area contributed by atoms with Crippen LogP contribution < -0.4 is 15.4 Å². The van der Waals surface area contributed by atoms with E-state index in [-0.39, 0.29) is 23.9 Å².